The molecule has 6 heteroatoms. The Morgan fingerprint density at radius 3 is 2.78 bits per heavy atom. The van der Waals surface area contributed by atoms with Crippen LogP contribution in [0.25, 0.3) is 28.6 Å². The van der Waals surface area contributed by atoms with Crippen LogP contribution in [0.1, 0.15) is 5.56 Å². The van der Waals surface area contributed by atoms with E-state index in [1.807, 2.05) is 30.3 Å². The smallest absolute Gasteiger partial charge is 0.248 e. The summed E-state index contributed by atoms with van der Waals surface area (Å²) in [5.74, 6) is 0.157. The van der Waals surface area contributed by atoms with E-state index in [1.54, 1.807) is 42.7 Å². The largest absolute Gasteiger partial charge is 0.436 e. The lowest BCUT2D eigenvalue weighted by Gasteiger charge is -2.06. The summed E-state index contributed by atoms with van der Waals surface area (Å²) in [4.78, 5) is 20.7. The molecular weight excluding hydrogens is 362 g/mol. The Kier molecular flexibility index (Phi) is 4.68. The lowest BCUT2D eigenvalue weighted by atomic mass is 10.2. The normalized spacial score (nSPS) is 11.1. The molecule has 0 saturated carbocycles. The summed E-state index contributed by atoms with van der Waals surface area (Å²) >= 11 is 6.22. The lowest BCUT2D eigenvalue weighted by molar-refractivity contribution is -0.111. The maximum absolute atomic E-state index is 12.2. The van der Waals surface area contributed by atoms with Crippen molar-refractivity contribution in [1.29, 1.82) is 0 Å². The van der Waals surface area contributed by atoms with E-state index >= 15 is 0 Å². The van der Waals surface area contributed by atoms with Crippen LogP contribution in [-0.2, 0) is 4.79 Å². The molecular formula is C21H14ClN3O2. The van der Waals surface area contributed by atoms with Gasteiger partial charge >= 0.3 is 0 Å². The molecule has 0 atom stereocenters. The summed E-state index contributed by atoms with van der Waals surface area (Å²) < 4.78 is 5.74. The number of hydrogen-bond donors (Lipinski definition) is 1. The minimum Gasteiger partial charge on any atom is -0.436 e. The zero-order valence-electron chi connectivity index (χ0n) is 14.1. The molecule has 27 heavy (non-hydrogen) atoms. The van der Waals surface area contributed by atoms with Gasteiger partial charge in [0.1, 0.15) is 5.52 Å². The minimum atomic E-state index is -0.278. The van der Waals surface area contributed by atoms with Gasteiger partial charge in [-0.3, -0.25) is 9.78 Å². The van der Waals surface area contributed by atoms with E-state index in [1.165, 1.54) is 6.08 Å². The van der Waals surface area contributed by atoms with E-state index in [4.69, 9.17) is 16.0 Å². The fraction of sp³-hybridized carbons (Fsp3) is 0. The van der Waals surface area contributed by atoms with Crippen LogP contribution in [-0.4, -0.2) is 15.9 Å². The van der Waals surface area contributed by atoms with E-state index in [2.05, 4.69) is 15.3 Å². The molecule has 2 aromatic carbocycles. The van der Waals surface area contributed by atoms with Crippen LogP contribution in [0.4, 0.5) is 5.69 Å². The average molecular weight is 376 g/mol. The molecule has 1 N–H and O–H groups in total. The fourth-order valence-corrected chi connectivity index (χ4v) is 2.73. The molecule has 0 spiro atoms. The molecule has 0 radical (unpaired) electrons. The second-order valence-corrected chi connectivity index (χ2v) is 6.20. The van der Waals surface area contributed by atoms with E-state index in [-0.39, 0.29) is 5.91 Å². The van der Waals surface area contributed by atoms with Gasteiger partial charge in [-0.2, -0.15) is 0 Å². The van der Waals surface area contributed by atoms with Crippen LogP contribution in [0.5, 0.6) is 0 Å². The molecule has 0 fully saturated rings. The van der Waals surface area contributed by atoms with Crippen molar-refractivity contribution >= 4 is 40.4 Å². The van der Waals surface area contributed by atoms with Crippen LogP contribution in [0.15, 0.2) is 77.5 Å². The number of halogens is 1. The Labute approximate surface area is 160 Å². The maximum Gasteiger partial charge on any atom is 0.248 e. The number of carbonyl (C=O) groups excluding carboxylic acids is 1. The lowest BCUT2D eigenvalue weighted by Crippen LogP contribution is -2.08. The number of nitrogens with one attached hydrogen (secondary N) is 1. The molecule has 5 nitrogen and oxygen atoms in total. The number of rotatable bonds is 4. The maximum atomic E-state index is 12.2. The van der Waals surface area contributed by atoms with E-state index in [0.717, 1.165) is 5.56 Å². The third-order valence-corrected chi connectivity index (χ3v) is 4.22. The SMILES string of the molecule is O=C(/C=C/c1ccccc1)Nc1cc(-c2nc3cnccc3o2)ccc1Cl. The van der Waals surface area contributed by atoms with E-state index in [9.17, 15) is 4.79 Å². The number of anilines is 1. The first-order valence-electron chi connectivity index (χ1n) is 8.24. The molecule has 132 valence electrons. The molecule has 4 aromatic rings. The highest BCUT2D eigenvalue weighted by Crippen LogP contribution is 2.30. The van der Waals surface area contributed by atoms with Crippen LogP contribution in [0.2, 0.25) is 5.02 Å². The van der Waals surface area contributed by atoms with Crippen LogP contribution in [0.3, 0.4) is 0 Å². The van der Waals surface area contributed by atoms with Crippen molar-refractivity contribution in [2.45, 2.75) is 0 Å². The van der Waals surface area contributed by atoms with Gasteiger partial charge < -0.3 is 9.73 Å². The number of pyridine rings is 1. The van der Waals surface area contributed by atoms with Gasteiger partial charge in [0.2, 0.25) is 11.8 Å². The van der Waals surface area contributed by atoms with E-state index < -0.39 is 0 Å². The summed E-state index contributed by atoms with van der Waals surface area (Å²) in [7, 11) is 0. The fourth-order valence-electron chi connectivity index (χ4n) is 2.57. The predicted molar refractivity (Wildman–Crippen MR) is 106 cm³/mol. The van der Waals surface area contributed by atoms with Crippen LogP contribution in [0, 0.1) is 0 Å². The van der Waals surface area contributed by atoms with Crippen LogP contribution >= 0.6 is 11.6 Å². The van der Waals surface area contributed by atoms with Gasteiger partial charge in [0.25, 0.3) is 0 Å². The molecule has 0 aliphatic heterocycles. The number of aromatic nitrogens is 2. The Morgan fingerprint density at radius 2 is 1.96 bits per heavy atom. The molecule has 0 saturated heterocycles. The minimum absolute atomic E-state index is 0.278. The monoisotopic (exact) mass is 375 g/mol. The van der Waals surface area contributed by atoms with Gasteiger partial charge in [0.15, 0.2) is 5.58 Å². The van der Waals surface area contributed by atoms with Gasteiger partial charge in [0.05, 0.1) is 16.9 Å². The van der Waals surface area contributed by atoms with Crippen molar-refractivity contribution in [3.05, 3.63) is 83.7 Å². The highest BCUT2D eigenvalue weighted by molar-refractivity contribution is 6.34. The zero-order chi connectivity index (χ0) is 18.6. The van der Waals surface area contributed by atoms with Gasteiger partial charge in [-0.25, -0.2) is 4.98 Å². The molecule has 0 aliphatic carbocycles. The summed E-state index contributed by atoms with van der Waals surface area (Å²) in [6.45, 7) is 0. The number of nitrogens with zero attached hydrogens (tertiary/aromatic N) is 2. The number of oxazole rings is 1. The zero-order valence-corrected chi connectivity index (χ0v) is 14.9. The quantitative estimate of drug-likeness (QED) is 0.498. The average Bonchev–Trinajstić information content (AvgIpc) is 3.13. The number of hydrogen-bond acceptors (Lipinski definition) is 4. The number of fused-ring (bicyclic) bond motifs is 1. The first-order valence-corrected chi connectivity index (χ1v) is 8.61. The first kappa shape index (κ1) is 17.0. The van der Waals surface area contributed by atoms with Crippen molar-refractivity contribution in [2.24, 2.45) is 0 Å². The molecule has 0 aliphatic rings. The standard InChI is InChI=1S/C21H14ClN3O2/c22-16-8-7-15(21-25-18-13-23-11-10-19(18)27-21)12-17(16)24-20(26)9-6-14-4-2-1-3-5-14/h1-13H,(H,24,26)/b9-6+. The Hall–Kier alpha value is -3.44. The molecule has 4 rings (SSSR count). The summed E-state index contributed by atoms with van der Waals surface area (Å²) in [5.41, 5.74) is 3.44. The molecule has 0 unspecified atom stereocenters. The number of carbonyl (C=O) groups is 1. The van der Waals surface area contributed by atoms with E-state index in [0.29, 0.717) is 33.3 Å². The van der Waals surface area contributed by atoms with Crippen molar-refractivity contribution in [3.8, 4) is 11.5 Å². The second-order valence-electron chi connectivity index (χ2n) is 5.79. The van der Waals surface area contributed by atoms with Gasteiger partial charge in [-0.1, -0.05) is 41.9 Å². The number of amides is 1. The topological polar surface area (TPSA) is 68.0 Å². The molecule has 1 amide bonds. The van der Waals surface area contributed by atoms with Crippen molar-refractivity contribution < 1.29 is 9.21 Å². The predicted octanol–water partition coefficient (Wildman–Crippen LogP) is 5.20. The number of benzene rings is 2. The summed E-state index contributed by atoms with van der Waals surface area (Å²) in [6, 6.07) is 16.5. The van der Waals surface area contributed by atoms with Gasteiger partial charge in [-0.05, 0) is 29.8 Å². The molecule has 0 bridgehead atoms. The third kappa shape index (κ3) is 3.88. The highest BCUT2D eigenvalue weighted by atomic mass is 35.5. The Bertz CT molecular complexity index is 1100. The summed E-state index contributed by atoms with van der Waals surface area (Å²) in [6.07, 6.45) is 6.48. The second kappa shape index (κ2) is 7.43. The Morgan fingerprint density at radius 1 is 1.11 bits per heavy atom. The highest BCUT2D eigenvalue weighted by Gasteiger charge is 2.11. The molecule has 2 heterocycles. The van der Waals surface area contributed by atoms with Crippen molar-refractivity contribution in [2.75, 3.05) is 5.32 Å². The third-order valence-electron chi connectivity index (χ3n) is 3.89. The molecule has 2 aromatic heterocycles. The first-order chi connectivity index (χ1) is 13.2. The van der Waals surface area contributed by atoms with Gasteiger partial charge in [0, 0.05) is 23.9 Å². The Balaban J connectivity index is 1.57. The summed E-state index contributed by atoms with van der Waals surface area (Å²) in [5, 5.41) is 3.21. The van der Waals surface area contributed by atoms with Crippen molar-refractivity contribution in [1.82, 2.24) is 9.97 Å². The van der Waals surface area contributed by atoms with Crippen LogP contribution < -0.4 is 5.32 Å². The van der Waals surface area contributed by atoms with Crippen molar-refractivity contribution in [3.63, 3.8) is 0 Å². The van der Waals surface area contributed by atoms with Gasteiger partial charge in [-0.15, -0.1) is 0 Å².